The number of aliphatic hydroxyl groups excluding tert-OH is 2. The number of benzene rings is 1. The molecular formula is C25H34N2O3S. The molecule has 5 atom stereocenters. The Bertz CT molecular complexity index is 945. The number of aryl methyl sites for hydroxylation is 1. The van der Waals surface area contributed by atoms with Crippen molar-refractivity contribution in [1.82, 2.24) is 9.88 Å². The van der Waals surface area contributed by atoms with E-state index in [1.165, 1.54) is 4.88 Å². The number of amides is 1. The summed E-state index contributed by atoms with van der Waals surface area (Å²) in [5, 5.41) is 22.1. The van der Waals surface area contributed by atoms with Crippen molar-refractivity contribution in [3.8, 4) is 0 Å². The fourth-order valence-electron chi connectivity index (χ4n) is 6.04. The highest BCUT2D eigenvalue weighted by Crippen LogP contribution is 2.62. The predicted molar refractivity (Wildman–Crippen MR) is 123 cm³/mol. The van der Waals surface area contributed by atoms with Gasteiger partial charge >= 0.3 is 0 Å². The van der Waals surface area contributed by atoms with Crippen LogP contribution in [0.5, 0.6) is 0 Å². The molecule has 0 saturated heterocycles. The summed E-state index contributed by atoms with van der Waals surface area (Å²) in [6.07, 6.45) is 2.18. The lowest BCUT2D eigenvalue weighted by atomic mass is 9.47. The second-order valence-corrected chi connectivity index (χ2v) is 11.3. The molecular weight excluding hydrogens is 408 g/mol. The lowest BCUT2D eigenvalue weighted by Gasteiger charge is -2.58. The maximum absolute atomic E-state index is 13.3. The van der Waals surface area contributed by atoms with Gasteiger partial charge in [-0.2, -0.15) is 0 Å². The Morgan fingerprint density at radius 3 is 2.68 bits per heavy atom. The average Bonchev–Trinajstić information content (AvgIpc) is 3.13. The quantitative estimate of drug-likeness (QED) is 0.736. The summed E-state index contributed by atoms with van der Waals surface area (Å²) in [7, 11) is 1.87. The molecule has 4 rings (SSSR count). The summed E-state index contributed by atoms with van der Waals surface area (Å²) < 4.78 is 0. The average molecular weight is 443 g/mol. The zero-order valence-electron chi connectivity index (χ0n) is 19.0. The van der Waals surface area contributed by atoms with Gasteiger partial charge in [0.25, 0.3) is 0 Å². The van der Waals surface area contributed by atoms with E-state index >= 15 is 0 Å². The molecule has 0 aliphatic heterocycles. The van der Waals surface area contributed by atoms with Gasteiger partial charge in [0.15, 0.2) is 0 Å². The van der Waals surface area contributed by atoms with Crippen molar-refractivity contribution < 1.29 is 15.0 Å². The maximum Gasteiger partial charge on any atom is 0.223 e. The highest BCUT2D eigenvalue weighted by atomic mass is 32.1. The molecule has 6 heteroatoms. The van der Waals surface area contributed by atoms with E-state index in [0.29, 0.717) is 19.4 Å². The molecule has 0 spiro atoms. The molecule has 2 N–H and O–H groups in total. The van der Waals surface area contributed by atoms with Crippen LogP contribution in [0.3, 0.4) is 0 Å². The van der Waals surface area contributed by atoms with Gasteiger partial charge in [0.1, 0.15) is 0 Å². The van der Waals surface area contributed by atoms with Crippen molar-refractivity contribution in [2.24, 2.45) is 16.7 Å². The van der Waals surface area contributed by atoms with Crippen molar-refractivity contribution >= 4 is 17.2 Å². The van der Waals surface area contributed by atoms with Crippen LogP contribution >= 0.6 is 11.3 Å². The van der Waals surface area contributed by atoms with E-state index in [1.807, 2.05) is 56.1 Å². The minimum Gasteiger partial charge on any atom is -0.396 e. The number of rotatable bonds is 5. The first-order valence-corrected chi connectivity index (χ1v) is 12.0. The van der Waals surface area contributed by atoms with Crippen molar-refractivity contribution in [2.75, 3.05) is 13.7 Å². The fraction of sp³-hybridized carbons (Fsp3) is 0.600. The second-order valence-electron chi connectivity index (χ2n) is 10.0. The third kappa shape index (κ3) is 3.83. The molecule has 1 heterocycles. The molecule has 0 bridgehead atoms. The summed E-state index contributed by atoms with van der Waals surface area (Å²) in [6.45, 7) is 6.83. The van der Waals surface area contributed by atoms with Crippen LogP contribution in [0, 0.1) is 23.7 Å². The third-order valence-electron chi connectivity index (χ3n) is 8.07. The van der Waals surface area contributed by atoms with Crippen LogP contribution in [0.1, 0.15) is 60.2 Å². The van der Waals surface area contributed by atoms with Gasteiger partial charge in [0.2, 0.25) is 5.91 Å². The van der Waals surface area contributed by atoms with Crippen molar-refractivity contribution in [3.63, 3.8) is 0 Å². The molecule has 2 aliphatic rings. The topological polar surface area (TPSA) is 73.7 Å². The van der Waals surface area contributed by atoms with Gasteiger partial charge in [0, 0.05) is 36.2 Å². The van der Waals surface area contributed by atoms with Gasteiger partial charge in [-0.05, 0) is 43.1 Å². The Labute approximate surface area is 189 Å². The third-order valence-corrected chi connectivity index (χ3v) is 9.08. The van der Waals surface area contributed by atoms with Gasteiger partial charge in [0.05, 0.1) is 23.4 Å². The first kappa shape index (κ1) is 22.4. The van der Waals surface area contributed by atoms with Crippen LogP contribution in [0.25, 0.3) is 0 Å². The largest absolute Gasteiger partial charge is 0.396 e. The molecule has 0 radical (unpaired) electrons. The fourth-order valence-corrected chi connectivity index (χ4v) is 7.09. The second kappa shape index (κ2) is 8.30. The number of aromatic nitrogens is 1. The summed E-state index contributed by atoms with van der Waals surface area (Å²) in [5.74, 6) is 0.220. The van der Waals surface area contributed by atoms with Gasteiger partial charge in [-0.15, -0.1) is 11.3 Å². The van der Waals surface area contributed by atoms with Crippen LogP contribution in [0.15, 0.2) is 30.3 Å². The summed E-state index contributed by atoms with van der Waals surface area (Å²) in [5.41, 5.74) is 1.43. The molecule has 168 valence electrons. The van der Waals surface area contributed by atoms with Gasteiger partial charge in [-0.1, -0.05) is 44.2 Å². The van der Waals surface area contributed by atoms with Crippen molar-refractivity contribution in [1.29, 1.82) is 0 Å². The minimum atomic E-state index is -0.570. The van der Waals surface area contributed by atoms with Crippen LogP contribution in [-0.2, 0) is 17.8 Å². The smallest absolute Gasteiger partial charge is 0.223 e. The number of thiazole rings is 1. The van der Waals surface area contributed by atoms with E-state index in [4.69, 9.17) is 4.98 Å². The number of aliphatic hydroxyl groups is 2. The number of carbonyl (C=O) groups is 1. The Kier molecular flexibility index (Phi) is 6.01. The van der Waals surface area contributed by atoms with Gasteiger partial charge in [-0.3, -0.25) is 4.79 Å². The standard InChI is InChI=1S/C25H34N2O3S/c1-16-26-23-18(12-22(30)27(4)14-17-8-6-5-7-9-17)24(2)11-10-21(29)25(3,15-28)20(24)13-19(23)31-16/h5-9,18,20-21,28-29H,10-15H2,1-4H3. The number of nitrogens with zero attached hydrogens (tertiary/aromatic N) is 2. The maximum atomic E-state index is 13.3. The predicted octanol–water partition coefficient (Wildman–Crippen LogP) is 3.92. The van der Waals surface area contributed by atoms with E-state index in [0.717, 1.165) is 29.1 Å². The molecule has 31 heavy (non-hydrogen) atoms. The summed E-state index contributed by atoms with van der Waals surface area (Å²) in [4.78, 5) is 21.3. The zero-order valence-corrected chi connectivity index (χ0v) is 19.8. The lowest BCUT2D eigenvalue weighted by molar-refractivity contribution is -0.147. The molecule has 2 aromatic rings. The van der Waals surface area contributed by atoms with Crippen molar-refractivity contribution in [2.45, 2.75) is 65.0 Å². The number of fused-ring (bicyclic) bond motifs is 2. The SMILES string of the molecule is Cc1nc2c(s1)CC1C(C)(CO)C(O)CCC1(C)C2CC(=O)N(C)Cc1ccccc1. The molecule has 1 saturated carbocycles. The van der Waals surface area contributed by atoms with Crippen LogP contribution in [-0.4, -0.2) is 45.8 Å². The first-order chi connectivity index (χ1) is 14.7. The van der Waals surface area contributed by atoms with Crippen molar-refractivity contribution in [3.05, 3.63) is 51.5 Å². The Hall–Kier alpha value is -1.76. The minimum absolute atomic E-state index is 0.00435. The Morgan fingerprint density at radius 2 is 2.00 bits per heavy atom. The molecule has 1 aromatic heterocycles. The Morgan fingerprint density at radius 1 is 1.29 bits per heavy atom. The van der Waals surface area contributed by atoms with Crippen LogP contribution in [0.2, 0.25) is 0 Å². The molecule has 5 nitrogen and oxygen atoms in total. The number of hydrogen-bond donors (Lipinski definition) is 2. The lowest BCUT2D eigenvalue weighted by Crippen LogP contribution is -2.57. The highest BCUT2D eigenvalue weighted by Gasteiger charge is 2.59. The zero-order chi connectivity index (χ0) is 22.4. The molecule has 1 amide bonds. The van der Waals surface area contributed by atoms with Gasteiger partial charge < -0.3 is 15.1 Å². The van der Waals surface area contributed by atoms with Crippen LogP contribution < -0.4 is 0 Å². The summed E-state index contributed by atoms with van der Waals surface area (Å²) in [6, 6.07) is 10.1. The number of hydrogen-bond acceptors (Lipinski definition) is 5. The first-order valence-electron chi connectivity index (χ1n) is 11.2. The molecule has 2 aliphatic carbocycles. The van der Waals surface area contributed by atoms with E-state index in [1.54, 1.807) is 11.3 Å². The van der Waals surface area contributed by atoms with E-state index in [2.05, 4.69) is 6.92 Å². The Balaban J connectivity index is 1.65. The van der Waals surface area contributed by atoms with Crippen LogP contribution in [0.4, 0.5) is 0 Å². The normalized spacial score (nSPS) is 32.3. The number of carbonyl (C=O) groups excluding carboxylic acids is 1. The summed E-state index contributed by atoms with van der Waals surface area (Å²) >= 11 is 1.70. The molecule has 1 aromatic carbocycles. The van der Waals surface area contributed by atoms with E-state index in [9.17, 15) is 15.0 Å². The van der Waals surface area contributed by atoms with Gasteiger partial charge in [-0.25, -0.2) is 4.98 Å². The molecule has 1 fully saturated rings. The van der Waals surface area contributed by atoms with E-state index < -0.39 is 11.5 Å². The highest BCUT2D eigenvalue weighted by molar-refractivity contribution is 7.11. The van der Waals surface area contributed by atoms with E-state index in [-0.39, 0.29) is 29.8 Å². The monoisotopic (exact) mass is 442 g/mol. The molecule has 5 unspecified atom stereocenters.